The van der Waals surface area contributed by atoms with Crippen molar-refractivity contribution in [3.05, 3.63) is 82.9 Å². The summed E-state index contributed by atoms with van der Waals surface area (Å²) in [6, 6.07) is 20.1. The molecule has 6 nitrogen and oxygen atoms in total. The van der Waals surface area contributed by atoms with Crippen molar-refractivity contribution < 1.29 is 24.5 Å². The fraction of sp³-hybridized carbons (Fsp3) is 0.345. The third kappa shape index (κ3) is 7.23. The Labute approximate surface area is 216 Å². The number of benzene rings is 3. The van der Waals surface area contributed by atoms with E-state index in [1.807, 2.05) is 48.5 Å². The van der Waals surface area contributed by atoms with Crippen LogP contribution < -0.4 is 14.8 Å². The highest BCUT2D eigenvalue weighted by molar-refractivity contribution is 6.30. The number of carbonyl (C=O) groups is 1. The molecule has 7 heteroatoms. The Morgan fingerprint density at radius 3 is 2.47 bits per heavy atom. The zero-order chi connectivity index (χ0) is 25.3. The molecule has 0 spiro atoms. The van der Waals surface area contributed by atoms with Crippen LogP contribution in [0.3, 0.4) is 0 Å². The summed E-state index contributed by atoms with van der Waals surface area (Å²) >= 11 is 5.98. The number of ether oxygens (including phenoxy) is 2. The van der Waals surface area contributed by atoms with Gasteiger partial charge in [0, 0.05) is 18.1 Å². The van der Waals surface area contributed by atoms with Gasteiger partial charge in [-0.15, -0.1) is 0 Å². The molecular formula is C29H32ClNO5. The molecule has 3 aromatic rings. The molecular weight excluding hydrogens is 478 g/mol. The van der Waals surface area contributed by atoms with Crippen molar-refractivity contribution in [3.63, 3.8) is 0 Å². The standard InChI is InChI=1S/C29H32ClNO5/c30-23-6-4-5-22(17-23)27(32)19-31-15-16-35-24-12-9-20(10-13-24)21-11-14-26(29(33)34)28(18-21)36-25-7-2-1-3-8-25/h4-6,9-14,17-18,25,27,31-32H,1-3,7-8,15-16,19H2,(H,33,34)/t27-/m1/s1. The minimum atomic E-state index is -0.982. The van der Waals surface area contributed by atoms with Gasteiger partial charge in [-0.05, 0) is 78.8 Å². The summed E-state index contributed by atoms with van der Waals surface area (Å²) in [7, 11) is 0. The van der Waals surface area contributed by atoms with E-state index in [1.54, 1.807) is 18.2 Å². The molecule has 0 aliphatic heterocycles. The molecule has 0 bridgehead atoms. The van der Waals surface area contributed by atoms with Gasteiger partial charge < -0.3 is 25.0 Å². The van der Waals surface area contributed by atoms with Crippen LogP contribution in [0, 0.1) is 0 Å². The predicted octanol–water partition coefficient (Wildman–Crippen LogP) is 6.12. The van der Waals surface area contributed by atoms with Gasteiger partial charge in [-0.25, -0.2) is 4.79 Å². The quantitative estimate of drug-likeness (QED) is 0.270. The van der Waals surface area contributed by atoms with Crippen molar-refractivity contribution in [1.29, 1.82) is 0 Å². The van der Waals surface area contributed by atoms with Crippen LogP contribution in [0.5, 0.6) is 11.5 Å². The normalized spacial score (nSPS) is 14.8. The minimum Gasteiger partial charge on any atom is -0.492 e. The van der Waals surface area contributed by atoms with Gasteiger partial charge >= 0.3 is 5.97 Å². The molecule has 3 aromatic carbocycles. The molecule has 0 unspecified atom stereocenters. The second-order valence-electron chi connectivity index (χ2n) is 9.04. The Morgan fingerprint density at radius 1 is 1.00 bits per heavy atom. The van der Waals surface area contributed by atoms with Crippen molar-refractivity contribution >= 4 is 17.6 Å². The molecule has 1 aliphatic rings. The number of aliphatic hydroxyl groups is 1. The van der Waals surface area contributed by atoms with Crippen molar-refractivity contribution in [2.75, 3.05) is 19.7 Å². The molecule has 190 valence electrons. The van der Waals surface area contributed by atoms with Crippen LogP contribution in [-0.2, 0) is 0 Å². The Hall–Kier alpha value is -3.06. The average Bonchev–Trinajstić information content (AvgIpc) is 2.89. The van der Waals surface area contributed by atoms with Gasteiger partial charge in [0.15, 0.2) is 0 Å². The van der Waals surface area contributed by atoms with E-state index in [-0.39, 0.29) is 11.7 Å². The number of aliphatic hydroxyl groups excluding tert-OH is 1. The summed E-state index contributed by atoms with van der Waals surface area (Å²) in [5.74, 6) is 0.180. The van der Waals surface area contributed by atoms with Crippen LogP contribution >= 0.6 is 11.6 Å². The minimum absolute atomic E-state index is 0.0723. The molecule has 0 heterocycles. The highest BCUT2D eigenvalue weighted by Crippen LogP contribution is 2.31. The molecule has 0 aromatic heterocycles. The molecule has 0 saturated heterocycles. The second kappa shape index (κ2) is 12.8. The first kappa shape index (κ1) is 26.0. The first-order valence-electron chi connectivity index (χ1n) is 12.4. The Balaban J connectivity index is 1.30. The van der Waals surface area contributed by atoms with Crippen LogP contribution in [0.1, 0.15) is 54.1 Å². The third-order valence-corrected chi connectivity index (χ3v) is 6.60. The number of aromatic carboxylic acids is 1. The van der Waals surface area contributed by atoms with Crippen LogP contribution in [0.15, 0.2) is 66.7 Å². The summed E-state index contributed by atoms with van der Waals surface area (Å²) in [6.45, 7) is 1.44. The maximum Gasteiger partial charge on any atom is 0.339 e. The van der Waals surface area contributed by atoms with Gasteiger partial charge in [0.05, 0.1) is 12.2 Å². The van der Waals surface area contributed by atoms with E-state index in [1.165, 1.54) is 6.42 Å². The molecule has 0 amide bonds. The van der Waals surface area contributed by atoms with Gasteiger partial charge in [0.25, 0.3) is 0 Å². The van der Waals surface area contributed by atoms with Crippen molar-refractivity contribution in [3.8, 4) is 22.6 Å². The molecule has 1 fully saturated rings. The summed E-state index contributed by atoms with van der Waals surface area (Å²) in [6.07, 6.45) is 4.80. The zero-order valence-electron chi connectivity index (χ0n) is 20.2. The number of carboxylic acids is 1. The Kier molecular flexibility index (Phi) is 9.23. The lowest BCUT2D eigenvalue weighted by Crippen LogP contribution is -2.26. The van der Waals surface area contributed by atoms with E-state index in [0.717, 1.165) is 48.1 Å². The smallest absolute Gasteiger partial charge is 0.339 e. The zero-order valence-corrected chi connectivity index (χ0v) is 20.9. The van der Waals surface area contributed by atoms with E-state index >= 15 is 0 Å². The van der Waals surface area contributed by atoms with Crippen LogP contribution in [-0.4, -0.2) is 42.0 Å². The Bertz CT molecular complexity index is 1140. The largest absolute Gasteiger partial charge is 0.492 e. The number of hydrogen-bond donors (Lipinski definition) is 3. The van der Waals surface area contributed by atoms with E-state index in [9.17, 15) is 15.0 Å². The lowest BCUT2D eigenvalue weighted by atomic mass is 9.97. The summed E-state index contributed by atoms with van der Waals surface area (Å²) in [5, 5.41) is 23.6. The first-order valence-corrected chi connectivity index (χ1v) is 12.8. The van der Waals surface area contributed by atoms with Gasteiger partial charge in [-0.2, -0.15) is 0 Å². The summed E-state index contributed by atoms with van der Waals surface area (Å²) in [5.41, 5.74) is 2.82. The van der Waals surface area contributed by atoms with E-state index in [4.69, 9.17) is 21.1 Å². The van der Waals surface area contributed by atoms with Gasteiger partial charge in [-0.3, -0.25) is 0 Å². The Morgan fingerprint density at radius 2 is 1.75 bits per heavy atom. The monoisotopic (exact) mass is 509 g/mol. The summed E-state index contributed by atoms with van der Waals surface area (Å²) < 4.78 is 11.9. The van der Waals surface area contributed by atoms with Crippen LogP contribution in [0.2, 0.25) is 5.02 Å². The lowest BCUT2D eigenvalue weighted by Gasteiger charge is -2.24. The highest BCUT2D eigenvalue weighted by atomic mass is 35.5. The van der Waals surface area contributed by atoms with Crippen LogP contribution in [0.25, 0.3) is 11.1 Å². The fourth-order valence-electron chi connectivity index (χ4n) is 4.39. The molecule has 1 saturated carbocycles. The maximum absolute atomic E-state index is 11.7. The predicted molar refractivity (Wildman–Crippen MR) is 141 cm³/mol. The number of nitrogens with one attached hydrogen (secondary N) is 1. The van der Waals surface area contributed by atoms with Gasteiger partial charge in [-0.1, -0.05) is 48.4 Å². The van der Waals surface area contributed by atoms with Crippen molar-refractivity contribution in [2.24, 2.45) is 0 Å². The van der Waals surface area contributed by atoms with Gasteiger partial charge in [0.2, 0.25) is 0 Å². The molecule has 0 radical (unpaired) electrons. The molecule has 36 heavy (non-hydrogen) atoms. The maximum atomic E-state index is 11.7. The van der Waals surface area contributed by atoms with Crippen molar-refractivity contribution in [1.82, 2.24) is 5.32 Å². The van der Waals surface area contributed by atoms with Crippen LogP contribution in [0.4, 0.5) is 0 Å². The first-order chi connectivity index (χ1) is 17.5. The van der Waals surface area contributed by atoms with Gasteiger partial charge in [0.1, 0.15) is 23.7 Å². The molecule has 3 N–H and O–H groups in total. The molecule has 1 aliphatic carbocycles. The average molecular weight is 510 g/mol. The summed E-state index contributed by atoms with van der Waals surface area (Å²) in [4.78, 5) is 11.7. The van der Waals surface area contributed by atoms with E-state index in [0.29, 0.717) is 30.5 Å². The molecule has 1 atom stereocenters. The SMILES string of the molecule is O=C(O)c1ccc(-c2ccc(OCCNC[C@@H](O)c3cccc(Cl)c3)cc2)cc1OC1CCCCC1. The third-order valence-electron chi connectivity index (χ3n) is 6.36. The lowest BCUT2D eigenvalue weighted by molar-refractivity contribution is 0.0686. The van der Waals surface area contributed by atoms with Crippen molar-refractivity contribution in [2.45, 2.75) is 44.3 Å². The van der Waals surface area contributed by atoms with E-state index < -0.39 is 12.1 Å². The fourth-order valence-corrected chi connectivity index (χ4v) is 4.59. The molecule has 4 rings (SSSR count). The second-order valence-corrected chi connectivity index (χ2v) is 9.48. The number of halogens is 1. The van der Waals surface area contributed by atoms with E-state index in [2.05, 4.69) is 5.32 Å². The highest BCUT2D eigenvalue weighted by Gasteiger charge is 2.19. The number of rotatable bonds is 11. The number of hydrogen-bond acceptors (Lipinski definition) is 5. The topological polar surface area (TPSA) is 88.0 Å². The number of carboxylic acid groups (broad SMARTS) is 1.